The van der Waals surface area contributed by atoms with E-state index in [1.165, 1.54) is 6.07 Å². The van der Waals surface area contributed by atoms with Crippen molar-refractivity contribution in [3.63, 3.8) is 0 Å². The smallest absolute Gasteiger partial charge is 0.184 e. The minimum Gasteiger partial charge on any atom is -0.493 e. The minimum absolute atomic E-state index is 0.236. The summed E-state index contributed by atoms with van der Waals surface area (Å²) in [6.07, 6.45) is 1.65. The number of halogens is 1. The van der Waals surface area contributed by atoms with E-state index in [1.807, 2.05) is 6.07 Å². The molecule has 5 heteroatoms. The number of benzene rings is 1. The summed E-state index contributed by atoms with van der Waals surface area (Å²) in [5, 5.41) is 3.16. The Kier molecular flexibility index (Phi) is 4.40. The number of aromatic nitrogens is 1. The Morgan fingerprint density at radius 2 is 2.00 bits per heavy atom. The number of anilines is 1. The molecule has 0 aliphatic rings. The van der Waals surface area contributed by atoms with Gasteiger partial charge in [0.25, 0.3) is 0 Å². The largest absolute Gasteiger partial charge is 0.493 e. The second-order valence-corrected chi connectivity index (χ2v) is 4.26. The quantitative estimate of drug-likeness (QED) is 0.911. The molecule has 2 aromatic rings. The predicted molar refractivity (Wildman–Crippen MR) is 75.8 cm³/mol. The van der Waals surface area contributed by atoms with Crippen LogP contribution in [0.15, 0.2) is 30.5 Å². The molecule has 0 spiro atoms. The van der Waals surface area contributed by atoms with Crippen molar-refractivity contribution in [2.75, 3.05) is 19.5 Å². The lowest BCUT2D eigenvalue weighted by Gasteiger charge is -2.14. The maximum absolute atomic E-state index is 13.5. The van der Waals surface area contributed by atoms with Crippen molar-refractivity contribution in [3.8, 4) is 11.5 Å². The van der Waals surface area contributed by atoms with Crippen LogP contribution in [0.4, 0.5) is 10.1 Å². The first kappa shape index (κ1) is 14.1. The lowest BCUT2D eigenvalue weighted by atomic mass is 10.2. The predicted octanol–water partition coefficient (Wildman–Crippen LogP) is 3.16. The zero-order chi connectivity index (χ0) is 14.5. The maximum Gasteiger partial charge on any atom is 0.184 e. The highest BCUT2D eigenvalue weighted by molar-refractivity contribution is 5.52. The Balaban J connectivity index is 2.21. The molecule has 0 unspecified atom stereocenters. The number of rotatable bonds is 5. The second kappa shape index (κ2) is 6.23. The highest BCUT2D eigenvalue weighted by atomic mass is 19.1. The highest BCUT2D eigenvalue weighted by Gasteiger charge is 2.11. The zero-order valence-electron chi connectivity index (χ0n) is 11.7. The third kappa shape index (κ3) is 2.82. The number of ether oxygens (including phenoxy) is 2. The summed E-state index contributed by atoms with van der Waals surface area (Å²) in [6, 6.07) is 6.66. The summed E-state index contributed by atoms with van der Waals surface area (Å²) in [7, 11) is 3.14. The molecule has 0 amide bonds. The molecule has 20 heavy (non-hydrogen) atoms. The summed E-state index contributed by atoms with van der Waals surface area (Å²) >= 11 is 0. The van der Waals surface area contributed by atoms with E-state index in [1.54, 1.807) is 39.5 Å². The summed E-state index contributed by atoms with van der Waals surface area (Å²) in [5.74, 6) is 0.965. The van der Waals surface area contributed by atoms with E-state index in [2.05, 4.69) is 10.3 Å². The molecule has 0 aliphatic heterocycles. The van der Waals surface area contributed by atoms with E-state index in [0.29, 0.717) is 29.3 Å². The van der Waals surface area contributed by atoms with Gasteiger partial charge >= 0.3 is 0 Å². The van der Waals surface area contributed by atoms with Crippen molar-refractivity contribution in [1.29, 1.82) is 0 Å². The van der Waals surface area contributed by atoms with Gasteiger partial charge in [-0.1, -0.05) is 6.07 Å². The molecule has 4 nitrogen and oxygen atoms in total. The molecule has 1 heterocycles. The summed E-state index contributed by atoms with van der Waals surface area (Å²) < 4.78 is 24.0. The highest BCUT2D eigenvalue weighted by Crippen LogP contribution is 2.29. The van der Waals surface area contributed by atoms with Crippen LogP contribution >= 0.6 is 0 Å². The van der Waals surface area contributed by atoms with Crippen LogP contribution in [0.2, 0.25) is 0 Å². The van der Waals surface area contributed by atoms with Gasteiger partial charge in [-0.3, -0.25) is 4.98 Å². The number of nitrogens with zero attached hydrogens (tertiary/aromatic N) is 1. The third-order valence-electron chi connectivity index (χ3n) is 3.08. The van der Waals surface area contributed by atoms with E-state index >= 15 is 0 Å². The fourth-order valence-electron chi connectivity index (χ4n) is 1.95. The van der Waals surface area contributed by atoms with Crippen LogP contribution in [0.5, 0.6) is 11.5 Å². The molecule has 1 N–H and O–H groups in total. The monoisotopic (exact) mass is 276 g/mol. The Morgan fingerprint density at radius 1 is 1.20 bits per heavy atom. The molecule has 0 saturated carbocycles. The molecular weight excluding hydrogens is 259 g/mol. The number of hydrogen-bond donors (Lipinski definition) is 1. The van der Waals surface area contributed by atoms with E-state index in [9.17, 15) is 4.39 Å². The van der Waals surface area contributed by atoms with Gasteiger partial charge in [0, 0.05) is 23.5 Å². The Bertz CT molecular complexity index is 602. The average Bonchev–Trinajstić information content (AvgIpc) is 2.48. The van der Waals surface area contributed by atoms with Gasteiger partial charge in [0.05, 0.1) is 20.8 Å². The van der Waals surface area contributed by atoms with Gasteiger partial charge in [-0.25, -0.2) is 4.39 Å². The normalized spacial score (nSPS) is 10.2. The number of pyridine rings is 1. The first-order valence-corrected chi connectivity index (χ1v) is 6.22. The van der Waals surface area contributed by atoms with Crippen LogP contribution in [0.3, 0.4) is 0 Å². The van der Waals surface area contributed by atoms with Crippen molar-refractivity contribution in [2.45, 2.75) is 13.5 Å². The molecule has 2 rings (SSSR count). The lowest BCUT2D eigenvalue weighted by molar-refractivity contribution is 0.350. The van der Waals surface area contributed by atoms with Crippen LogP contribution in [-0.4, -0.2) is 19.2 Å². The maximum atomic E-state index is 13.5. The van der Waals surface area contributed by atoms with Gasteiger partial charge in [0.1, 0.15) is 11.5 Å². The second-order valence-electron chi connectivity index (χ2n) is 4.26. The zero-order valence-corrected chi connectivity index (χ0v) is 11.7. The topological polar surface area (TPSA) is 43.4 Å². The molecular formula is C15H17FN2O2. The van der Waals surface area contributed by atoms with Crippen LogP contribution in [0.1, 0.15) is 11.3 Å². The third-order valence-corrected chi connectivity index (χ3v) is 3.08. The van der Waals surface area contributed by atoms with Gasteiger partial charge in [0.15, 0.2) is 11.5 Å². The SMILES string of the molecule is COc1ccnc(CNc2cccc(F)c2C)c1OC. The summed E-state index contributed by atoms with van der Waals surface area (Å²) in [4.78, 5) is 4.26. The van der Waals surface area contributed by atoms with Crippen LogP contribution in [0, 0.1) is 12.7 Å². The average molecular weight is 276 g/mol. The molecule has 0 fully saturated rings. The first-order valence-electron chi connectivity index (χ1n) is 6.22. The van der Waals surface area contributed by atoms with Crippen LogP contribution in [0.25, 0.3) is 0 Å². The lowest BCUT2D eigenvalue weighted by Crippen LogP contribution is -2.06. The van der Waals surface area contributed by atoms with Crippen molar-refractivity contribution in [2.24, 2.45) is 0 Å². The standard InChI is InChI=1S/C15H17FN2O2/c1-10-11(16)5-4-6-12(10)18-9-13-15(20-3)14(19-2)7-8-17-13/h4-8,18H,9H2,1-3H3. The van der Waals surface area contributed by atoms with Gasteiger partial charge in [0.2, 0.25) is 0 Å². The number of nitrogens with one attached hydrogen (secondary N) is 1. The molecule has 106 valence electrons. The molecule has 1 aromatic carbocycles. The molecule has 0 atom stereocenters. The van der Waals surface area contributed by atoms with E-state index in [0.717, 1.165) is 5.69 Å². The van der Waals surface area contributed by atoms with Gasteiger partial charge in [-0.2, -0.15) is 0 Å². The van der Waals surface area contributed by atoms with E-state index in [4.69, 9.17) is 9.47 Å². The van der Waals surface area contributed by atoms with Crippen molar-refractivity contribution in [1.82, 2.24) is 4.98 Å². The van der Waals surface area contributed by atoms with Crippen LogP contribution < -0.4 is 14.8 Å². The molecule has 0 saturated heterocycles. The Labute approximate surface area is 117 Å². The molecule has 1 aromatic heterocycles. The van der Waals surface area contributed by atoms with Crippen molar-refractivity contribution in [3.05, 3.63) is 47.5 Å². The summed E-state index contributed by atoms with van der Waals surface area (Å²) in [5.41, 5.74) is 2.02. The molecule has 0 aliphatic carbocycles. The fraction of sp³-hybridized carbons (Fsp3) is 0.267. The first-order chi connectivity index (χ1) is 9.67. The van der Waals surface area contributed by atoms with E-state index in [-0.39, 0.29) is 5.82 Å². The van der Waals surface area contributed by atoms with Crippen molar-refractivity contribution >= 4 is 5.69 Å². The Hall–Kier alpha value is -2.30. The van der Waals surface area contributed by atoms with Crippen molar-refractivity contribution < 1.29 is 13.9 Å². The fourth-order valence-corrected chi connectivity index (χ4v) is 1.95. The molecule has 0 radical (unpaired) electrons. The van der Waals surface area contributed by atoms with Gasteiger partial charge < -0.3 is 14.8 Å². The van der Waals surface area contributed by atoms with Gasteiger partial charge in [-0.15, -0.1) is 0 Å². The number of methoxy groups -OCH3 is 2. The molecule has 0 bridgehead atoms. The Morgan fingerprint density at radius 3 is 2.70 bits per heavy atom. The summed E-state index contributed by atoms with van der Waals surface area (Å²) in [6.45, 7) is 2.15. The van der Waals surface area contributed by atoms with Gasteiger partial charge in [-0.05, 0) is 19.1 Å². The number of hydrogen-bond acceptors (Lipinski definition) is 4. The minimum atomic E-state index is -0.236. The van der Waals surface area contributed by atoms with E-state index < -0.39 is 0 Å². The van der Waals surface area contributed by atoms with Crippen LogP contribution in [-0.2, 0) is 6.54 Å².